The van der Waals surface area contributed by atoms with E-state index in [1.165, 1.54) is 12.1 Å². The minimum atomic E-state index is -3.87. The number of halogens is 1. The normalized spacial score (nSPS) is 24.5. The van der Waals surface area contributed by atoms with Crippen molar-refractivity contribution in [2.75, 3.05) is 18.0 Å². The molecule has 1 fully saturated rings. The predicted molar refractivity (Wildman–Crippen MR) is 72.0 cm³/mol. The van der Waals surface area contributed by atoms with Gasteiger partial charge in [-0.05, 0) is 32.0 Å². The molecule has 1 aromatic carbocycles. The molecule has 7 heteroatoms. The van der Waals surface area contributed by atoms with E-state index in [4.69, 9.17) is 5.14 Å². The quantitative estimate of drug-likeness (QED) is 0.838. The van der Waals surface area contributed by atoms with Gasteiger partial charge in [0, 0.05) is 25.2 Å². The summed E-state index contributed by atoms with van der Waals surface area (Å²) in [5, 5.41) is 8.29. The fraction of sp³-hybridized carbons (Fsp3) is 0.500. The Labute approximate surface area is 112 Å². The van der Waals surface area contributed by atoms with Crippen molar-refractivity contribution in [3.05, 3.63) is 24.0 Å². The average molecular weight is 287 g/mol. The molecule has 0 spiro atoms. The number of nitrogens with zero attached hydrogens (tertiary/aromatic N) is 1. The van der Waals surface area contributed by atoms with Crippen molar-refractivity contribution in [3.8, 4) is 0 Å². The van der Waals surface area contributed by atoms with Crippen molar-refractivity contribution < 1.29 is 12.8 Å². The summed E-state index contributed by atoms with van der Waals surface area (Å²) in [5.41, 5.74) is 0.410. The van der Waals surface area contributed by atoms with Gasteiger partial charge in [0.1, 0.15) is 5.82 Å². The second-order valence-electron chi connectivity index (χ2n) is 4.97. The van der Waals surface area contributed by atoms with Crippen LogP contribution in [-0.4, -0.2) is 33.6 Å². The molecule has 1 aromatic rings. The number of hydrogen-bond donors (Lipinski definition) is 2. The minimum absolute atomic E-state index is 0.144. The Bertz CT molecular complexity index is 576. The number of anilines is 1. The van der Waals surface area contributed by atoms with Crippen LogP contribution in [0, 0.1) is 5.82 Å². The lowest BCUT2D eigenvalue weighted by Crippen LogP contribution is -2.54. The molecule has 0 saturated carbocycles. The lowest BCUT2D eigenvalue weighted by atomic mass is 10.1. The standard InChI is InChI=1S/C12H18FN3O2S/c1-8-7-16(9(2)6-15-8)12-4-3-10(5-11(12)13)19(14,17)18/h3-5,8-9,15H,6-7H2,1-2H3,(H2,14,17,18). The molecule has 3 N–H and O–H groups in total. The first-order valence-electron chi connectivity index (χ1n) is 6.11. The van der Waals surface area contributed by atoms with Crippen molar-refractivity contribution in [2.45, 2.75) is 30.8 Å². The van der Waals surface area contributed by atoms with E-state index in [1.54, 1.807) is 0 Å². The van der Waals surface area contributed by atoms with Gasteiger partial charge in [-0.25, -0.2) is 17.9 Å². The van der Waals surface area contributed by atoms with Gasteiger partial charge in [-0.15, -0.1) is 0 Å². The highest BCUT2D eigenvalue weighted by molar-refractivity contribution is 7.89. The summed E-state index contributed by atoms with van der Waals surface area (Å²) in [6, 6.07) is 4.19. The van der Waals surface area contributed by atoms with Gasteiger partial charge in [-0.2, -0.15) is 0 Å². The van der Waals surface area contributed by atoms with Gasteiger partial charge in [0.25, 0.3) is 0 Å². The predicted octanol–water partition coefficient (Wildman–Crippen LogP) is 0.660. The third kappa shape index (κ3) is 3.05. The monoisotopic (exact) mass is 287 g/mol. The molecule has 1 saturated heterocycles. The number of nitrogens with one attached hydrogen (secondary N) is 1. The van der Waals surface area contributed by atoms with Crippen LogP contribution >= 0.6 is 0 Å². The molecule has 2 unspecified atom stereocenters. The fourth-order valence-corrected chi connectivity index (χ4v) is 2.78. The largest absolute Gasteiger partial charge is 0.364 e. The Kier molecular flexibility index (Phi) is 3.80. The SMILES string of the molecule is CC1CN(c2ccc(S(N)(=O)=O)cc2F)C(C)CN1. The fourth-order valence-electron chi connectivity index (χ4n) is 2.25. The van der Waals surface area contributed by atoms with E-state index >= 15 is 0 Å². The van der Waals surface area contributed by atoms with E-state index in [0.29, 0.717) is 12.2 Å². The number of sulfonamides is 1. The summed E-state index contributed by atoms with van der Waals surface area (Å²) in [4.78, 5) is 1.73. The minimum Gasteiger partial charge on any atom is -0.364 e. The Hall–Kier alpha value is -1.18. The van der Waals surface area contributed by atoms with Gasteiger partial charge in [-0.1, -0.05) is 0 Å². The number of primary sulfonamides is 1. The third-order valence-electron chi connectivity index (χ3n) is 3.32. The highest BCUT2D eigenvalue weighted by atomic mass is 32.2. The van der Waals surface area contributed by atoms with Crippen LogP contribution in [0.15, 0.2) is 23.1 Å². The number of hydrogen-bond acceptors (Lipinski definition) is 4. The van der Waals surface area contributed by atoms with E-state index in [2.05, 4.69) is 5.32 Å². The highest BCUT2D eigenvalue weighted by Crippen LogP contribution is 2.25. The first kappa shape index (κ1) is 14.2. The molecule has 2 atom stereocenters. The van der Waals surface area contributed by atoms with E-state index in [9.17, 15) is 12.8 Å². The van der Waals surface area contributed by atoms with Crippen molar-refractivity contribution in [3.63, 3.8) is 0 Å². The number of rotatable bonds is 2. The van der Waals surface area contributed by atoms with Gasteiger partial charge in [0.15, 0.2) is 0 Å². The van der Waals surface area contributed by atoms with Crippen LogP contribution in [0.3, 0.4) is 0 Å². The van der Waals surface area contributed by atoms with Crippen molar-refractivity contribution >= 4 is 15.7 Å². The number of benzene rings is 1. The molecule has 1 aliphatic heterocycles. The molecule has 0 amide bonds. The van der Waals surface area contributed by atoms with Crippen LogP contribution < -0.4 is 15.4 Å². The Morgan fingerprint density at radius 3 is 2.68 bits per heavy atom. The molecule has 2 rings (SSSR count). The Morgan fingerprint density at radius 2 is 2.11 bits per heavy atom. The summed E-state index contributed by atoms with van der Waals surface area (Å²) in [6.07, 6.45) is 0. The zero-order valence-electron chi connectivity index (χ0n) is 10.9. The van der Waals surface area contributed by atoms with Gasteiger partial charge in [-0.3, -0.25) is 0 Å². The lowest BCUT2D eigenvalue weighted by molar-refractivity contribution is 0.420. The topological polar surface area (TPSA) is 75.4 Å². The third-order valence-corrected chi connectivity index (χ3v) is 4.23. The van der Waals surface area contributed by atoms with Crippen molar-refractivity contribution in [1.82, 2.24) is 5.32 Å². The lowest BCUT2D eigenvalue weighted by Gasteiger charge is -2.39. The van der Waals surface area contributed by atoms with Gasteiger partial charge < -0.3 is 10.2 Å². The van der Waals surface area contributed by atoms with Crippen LogP contribution in [0.2, 0.25) is 0 Å². The van der Waals surface area contributed by atoms with Crippen LogP contribution in [0.5, 0.6) is 0 Å². The summed E-state index contributed by atoms with van der Waals surface area (Å²) < 4.78 is 36.4. The molecule has 1 heterocycles. The zero-order chi connectivity index (χ0) is 14.2. The van der Waals surface area contributed by atoms with E-state index < -0.39 is 15.8 Å². The first-order chi connectivity index (χ1) is 8.79. The maximum absolute atomic E-state index is 14.1. The van der Waals surface area contributed by atoms with Gasteiger partial charge >= 0.3 is 0 Å². The van der Waals surface area contributed by atoms with E-state index in [-0.39, 0.29) is 17.0 Å². The maximum atomic E-state index is 14.1. The van der Waals surface area contributed by atoms with Crippen LogP contribution in [0.1, 0.15) is 13.8 Å². The summed E-state index contributed by atoms with van der Waals surface area (Å²) in [7, 11) is -3.87. The van der Waals surface area contributed by atoms with Crippen molar-refractivity contribution in [1.29, 1.82) is 0 Å². The number of piperazine rings is 1. The molecule has 0 radical (unpaired) electrons. The van der Waals surface area contributed by atoms with Crippen LogP contribution in [0.4, 0.5) is 10.1 Å². The van der Waals surface area contributed by atoms with Crippen molar-refractivity contribution in [2.24, 2.45) is 5.14 Å². The summed E-state index contributed by atoms with van der Waals surface area (Å²) >= 11 is 0. The Morgan fingerprint density at radius 1 is 1.42 bits per heavy atom. The Balaban J connectivity index is 2.35. The molecule has 0 aliphatic carbocycles. The highest BCUT2D eigenvalue weighted by Gasteiger charge is 2.25. The molecule has 1 aliphatic rings. The molecular weight excluding hydrogens is 269 g/mol. The van der Waals surface area contributed by atoms with E-state index in [0.717, 1.165) is 12.6 Å². The molecule has 0 aromatic heterocycles. The number of nitrogens with two attached hydrogens (primary N) is 1. The molecular formula is C12H18FN3O2S. The van der Waals surface area contributed by atoms with Crippen LogP contribution in [0.25, 0.3) is 0 Å². The second kappa shape index (κ2) is 5.07. The smallest absolute Gasteiger partial charge is 0.238 e. The first-order valence-corrected chi connectivity index (χ1v) is 7.66. The second-order valence-corrected chi connectivity index (χ2v) is 6.53. The van der Waals surface area contributed by atoms with Gasteiger partial charge in [0.05, 0.1) is 10.6 Å². The molecule has 106 valence electrons. The molecule has 5 nitrogen and oxygen atoms in total. The molecule has 19 heavy (non-hydrogen) atoms. The zero-order valence-corrected chi connectivity index (χ0v) is 11.7. The average Bonchev–Trinajstić information content (AvgIpc) is 2.31. The van der Waals surface area contributed by atoms with Crippen LogP contribution in [-0.2, 0) is 10.0 Å². The maximum Gasteiger partial charge on any atom is 0.238 e. The summed E-state index contributed by atoms with van der Waals surface area (Å²) in [6.45, 7) is 5.45. The van der Waals surface area contributed by atoms with Gasteiger partial charge in [0.2, 0.25) is 10.0 Å². The van der Waals surface area contributed by atoms with E-state index in [1.807, 2.05) is 18.7 Å². The summed E-state index contributed by atoms with van der Waals surface area (Å²) in [5.74, 6) is -0.563. The molecule has 0 bridgehead atoms.